The first-order valence-corrected chi connectivity index (χ1v) is 7.44. The van der Waals surface area contributed by atoms with E-state index in [0.717, 1.165) is 18.5 Å². The highest BCUT2D eigenvalue weighted by Gasteiger charge is 2.17. The molecule has 0 spiro atoms. The van der Waals surface area contributed by atoms with Gasteiger partial charge in [0.1, 0.15) is 5.76 Å². The van der Waals surface area contributed by atoms with Gasteiger partial charge in [0.25, 0.3) is 10.2 Å². The summed E-state index contributed by atoms with van der Waals surface area (Å²) >= 11 is 0. The van der Waals surface area contributed by atoms with Crippen LogP contribution in [0.3, 0.4) is 0 Å². The van der Waals surface area contributed by atoms with Crippen LogP contribution >= 0.6 is 0 Å². The Morgan fingerprint density at radius 3 is 2.56 bits per heavy atom. The maximum atomic E-state index is 11.8. The minimum Gasteiger partial charge on any atom is -0.444 e. The third-order valence-corrected chi connectivity index (χ3v) is 4.23. The molecule has 0 atom stereocenters. The summed E-state index contributed by atoms with van der Waals surface area (Å²) in [6.45, 7) is 6.23. The van der Waals surface area contributed by atoms with Crippen LogP contribution in [0.15, 0.2) is 4.42 Å². The molecule has 0 aromatic carbocycles. The number of rotatable bonds is 7. The van der Waals surface area contributed by atoms with Gasteiger partial charge in [0.15, 0.2) is 0 Å². The van der Waals surface area contributed by atoms with E-state index >= 15 is 0 Å². The summed E-state index contributed by atoms with van der Waals surface area (Å²) in [5.74, 6) is 1.10. The third kappa shape index (κ3) is 4.08. The van der Waals surface area contributed by atoms with Crippen molar-refractivity contribution in [1.29, 1.82) is 0 Å². The Morgan fingerprint density at radius 2 is 2.06 bits per heavy atom. The zero-order valence-electron chi connectivity index (χ0n) is 11.4. The van der Waals surface area contributed by atoms with Crippen molar-refractivity contribution in [2.45, 2.75) is 40.2 Å². The van der Waals surface area contributed by atoms with Crippen molar-refractivity contribution in [1.82, 2.24) is 14.0 Å². The van der Waals surface area contributed by atoms with Gasteiger partial charge in [-0.15, -0.1) is 0 Å². The fourth-order valence-corrected chi connectivity index (χ4v) is 2.27. The van der Waals surface area contributed by atoms with Crippen LogP contribution in [-0.4, -0.2) is 31.3 Å². The second-order valence-corrected chi connectivity index (χ2v) is 6.11. The van der Waals surface area contributed by atoms with Crippen LogP contribution in [-0.2, 0) is 16.8 Å². The van der Waals surface area contributed by atoms with E-state index in [1.165, 1.54) is 4.31 Å². The summed E-state index contributed by atoms with van der Waals surface area (Å²) in [4.78, 5) is 4.12. The topological polar surface area (TPSA) is 75.4 Å². The molecule has 1 rings (SSSR count). The molecule has 0 fully saturated rings. The van der Waals surface area contributed by atoms with Gasteiger partial charge in [-0.2, -0.15) is 17.4 Å². The van der Waals surface area contributed by atoms with Crippen LogP contribution in [0.5, 0.6) is 0 Å². The van der Waals surface area contributed by atoms with Crippen LogP contribution in [0.25, 0.3) is 0 Å². The number of hydrogen-bond acceptors (Lipinski definition) is 4. The normalized spacial score (nSPS) is 12.3. The maximum absolute atomic E-state index is 11.8. The average molecular weight is 275 g/mol. The molecule has 1 heterocycles. The molecule has 0 aliphatic rings. The largest absolute Gasteiger partial charge is 0.444 e. The van der Waals surface area contributed by atoms with Gasteiger partial charge in [-0.1, -0.05) is 13.3 Å². The van der Waals surface area contributed by atoms with Crippen molar-refractivity contribution in [3.63, 3.8) is 0 Å². The minimum atomic E-state index is -3.45. The number of aromatic nitrogens is 1. The number of aryl methyl sites for hydroxylation is 2. The standard InChI is InChI=1S/C11H21N3O3S/c1-5-6-7-14(4)18(15,16)12-8-11-13-9(2)10(3)17-11/h12H,5-8H2,1-4H3. The van der Waals surface area contributed by atoms with Gasteiger partial charge in [0.05, 0.1) is 12.2 Å². The molecular formula is C11H21N3O3S. The summed E-state index contributed by atoms with van der Waals surface area (Å²) in [5.41, 5.74) is 0.781. The first-order valence-electron chi connectivity index (χ1n) is 6.00. The van der Waals surface area contributed by atoms with E-state index in [4.69, 9.17) is 4.42 Å². The van der Waals surface area contributed by atoms with Gasteiger partial charge in [-0.25, -0.2) is 4.98 Å². The summed E-state index contributed by atoms with van der Waals surface area (Å²) in [6.07, 6.45) is 1.80. The van der Waals surface area contributed by atoms with Crippen LogP contribution < -0.4 is 4.72 Å². The second kappa shape index (κ2) is 6.31. The highest BCUT2D eigenvalue weighted by atomic mass is 32.2. The van der Waals surface area contributed by atoms with Gasteiger partial charge < -0.3 is 4.42 Å². The van der Waals surface area contributed by atoms with Gasteiger partial charge >= 0.3 is 0 Å². The predicted octanol–water partition coefficient (Wildman–Crippen LogP) is 1.36. The predicted molar refractivity (Wildman–Crippen MR) is 69.3 cm³/mol. The summed E-state index contributed by atoms with van der Waals surface area (Å²) < 4.78 is 32.8. The Hall–Kier alpha value is -0.920. The van der Waals surface area contributed by atoms with E-state index < -0.39 is 10.2 Å². The second-order valence-electron chi connectivity index (χ2n) is 4.25. The Morgan fingerprint density at radius 1 is 1.39 bits per heavy atom. The Labute approximate surface area is 109 Å². The van der Waals surface area contributed by atoms with E-state index in [9.17, 15) is 8.42 Å². The quantitative estimate of drug-likeness (QED) is 0.815. The fourth-order valence-electron chi connectivity index (χ4n) is 1.38. The number of oxazole rings is 1. The first-order chi connectivity index (χ1) is 8.36. The summed E-state index contributed by atoms with van der Waals surface area (Å²) in [7, 11) is -1.89. The molecule has 0 radical (unpaired) electrons. The third-order valence-electron chi connectivity index (χ3n) is 2.72. The fraction of sp³-hybridized carbons (Fsp3) is 0.727. The van der Waals surface area contributed by atoms with E-state index in [2.05, 4.69) is 9.71 Å². The molecule has 0 bridgehead atoms. The van der Waals surface area contributed by atoms with Gasteiger partial charge in [0.2, 0.25) is 5.89 Å². The van der Waals surface area contributed by atoms with Crippen molar-refractivity contribution >= 4 is 10.2 Å². The molecule has 1 aromatic heterocycles. The van der Waals surface area contributed by atoms with Crippen molar-refractivity contribution < 1.29 is 12.8 Å². The molecule has 0 saturated heterocycles. The van der Waals surface area contributed by atoms with Gasteiger partial charge in [-0.05, 0) is 20.3 Å². The highest BCUT2D eigenvalue weighted by Crippen LogP contribution is 2.08. The van der Waals surface area contributed by atoms with Crippen molar-refractivity contribution in [3.8, 4) is 0 Å². The van der Waals surface area contributed by atoms with Crippen molar-refractivity contribution in [2.24, 2.45) is 0 Å². The van der Waals surface area contributed by atoms with Crippen LogP contribution in [0, 0.1) is 13.8 Å². The minimum absolute atomic E-state index is 0.0769. The van der Waals surface area contributed by atoms with Gasteiger partial charge in [-0.3, -0.25) is 0 Å². The molecule has 104 valence electrons. The molecule has 0 aliphatic heterocycles. The molecule has 6 nitrogen and oxygen atoms in total. The molecule has 0 amide bonds. The average Bonchev–Trinajstić information content (AvgIpc) is 2.63. The lowest BCUT2D eigenvalue weighted by Crippen LogP contribution is -2.38. The van der Waals surface area contributed by atoms with E-state index in [0.29, 0.717) is 18.2 Å². The lowest BCUT2D eigenvalue weighted by molar-refractivity contribution is 0.432. The number of unbranched alkanes of at least 4 members (excludes halogenated alkanes) is 1. The number of nitrogens with one attached hydrogen (secondary N) is 1. The first kappa shape index (κ1) is 15.1. The molecular weight excluding hydrogens is 254 g/mol. The van der Waals surface area contributed by atoms with E-state index in [1.807, 2.05) is 13.8 Å². The number of nitrogens with zero attached hydrogens (tertiary/aromatic N) is 2. The lowest BCUT2D eigenvalue weighted by atomic mass is 10.3. The Kier molecular flexibility index (Phi) is 5.30. The lowest BCUT2D eigenvalue weighted by Gasteiger charge is -2.16. The molecule has 1 N–H and O–H groups in total. The molecule has 0 aliphatic carbocycles. The van der Waals surface area contributed by atoms with Crippen LogP contribution in [0.1, 0.15) is 37.1 Å². The van der Waals surface area contributed by atoms with Crippen LogP contribution in [0.4, 0.5) is 0 Å². The molecule has 0 unspecified atom stereocenters. The summed E-state index contributed by atoms with van der Waals surface area (Å²) in [5, 5.41) is 0. The number of hydrogen-bond donors (Lipinski definition) is 1. The zero-order valence-corrected chi connectivity index (χ0v) is 12.2. The van der Waals surface area contributed by atoms with Crippen molar-refractivity contribution in [3.05, 3.63) is 17.3 Å². The SMILES string of the molecule is CCCCN(C)S(=O)(=O)NCc1nc(C)c(C)o1. The zero-order chi connectivity index (χ0) is 13.8. The maximum Gasteiger partial charge on any atom is 0.279 e. The van der Waals surface area contributed by atoms with E-state index in [-0.39, 0.29) is 6.54 Å². The summed E-state index contributed by atoms with van der Waals surface area (Å²) in [6, 6.07) is 0. The van der Waals surface area contributed by atoms with Crippen LogP contribution in [0.2, 0.25) is 0 Å². The van der Waals surface area contributed by atoms with E-state index in [1.54, 1.807) is 14.0 Å². The molecule has 18 heavy (non-hydrogen) atoms. The molecule has 1 aromatic rings. The Bertz CT molecular complexity index is 462. The monoisotopic (exact) mass is 275 g/mol. The molecule has 7 heteroatoms. The smallest absolute Gasteiger partial charge is 0.279 e. The van der Waals surface area contributed by atoms with Gasteiger partial charge in [0, 0.05) is 13.6 Å². The van der Waals surface area contributed by atoms with Crippen molar-refractivity contribution in [2.75, 3.05) is 13.6 Å². The highest BCUT2D eigenvalue weighted by molar-refractivity contribution is 7.87. The Balaban J connectivity index is 2.56. The molecule has 0 saturated carbocycles.